The first-order valence-electron chi connectivity index (χ1n) is 7.02. The van der Waals surface area contributed by atoms with Crippen LogP contribution in [0.1, 0.15) is 35.3 Å². The number of pyridine rings is 1. The fourth-order valence-electron chi connectivity index (χ4n) is 3.69. The molecule has 3 rings (SSSR count). The molecule has 2 saturated carbocycles. The maximum atomic E-state index is 12.2. The number of aryl methyl sites for hydroxylation is 1. The first-order chi connectivity index (χ1) is 9.56. The molecule has 4 atom stereocenters. The molecule has 5 nitrogen and oxygen atoms in total. The minimum Gasteiger partial charge on any atom is -0.481 e. The number of carboxylic acid groups (broad SMARTS) is 1. The predicted octanol–water partition coefficient (Wildman–Crippen LogP) is 1.62. The molecule has 0 spiro atoms. The van der Waals surface area contributed by atoms with Crippen LogP contribution in [0.15, 0.2) is 18.3 Å². The van der Waals surface area contributed by atoms with E-state index in [9.17, 15) is 14.7 Å². The zero-order chi connectivity index (χ0) is 14.3. The SMILES string of the molecule is Cc1ccc(C(=O)NC2C3CCC(C3)C2C(=O)O)cn1. The average molecular weight is 274 g/mol. The second-order valence-electron chi connectivity index (χ2n) is 5.88. The van der Waals surface area contributed by atoms with Gasteiger partial charge in [-0.1, -0.05) is 0 Å². The van der Waals surface area contributed by atoms with Gasteiger partial charge in [-0.15, -0.1) is 0 Å². The Labute approximate surface area is 117 Å². The van der Waals surface area contributed by atoms with Crippen molar-refractivity contribution in [1.82, 2.24) is 10.3 Å². The largest absolute Gasteiger partial charge is 0.481 e. The Morgan fingerprint density at radius 3 is 2.70 bits per heavy atom. The van der Waals surface area contributed by atoms with E-state index in [1.165, 1.54) is 6.20 Å². The van der Waals surface area contributed by atoms with Crippen LogP contribution < -0.4 is 5.32 Å². The Morgan fingerprint density at radius 2 is 2.05 bits per heavy atom. The van der Waals surface area contributed by atoms with Crippen molar-refractivity contribution in [1.29, 1.82) is 0 Å². The van der Waals surface area contributed by atoms with E-state index in [-0.39, 0.29) is 17.9 Å². The van der Waals surface area contributed by atoms with Crippen molar-refractivity contribution in [3.8, 4) is 0 Å². The molecule has 5 heteroatoms. The van der Waals surface area contributed by atoms with Crippen molar-refractivity contribution < 1.29 is 14.7 Å². The van der Waals surface area contributed by atoms with E-state index in [1.807, 2.05) is 6.92 Å². The Morgan fingerprint density at radius 1 is 1.30 bits per heavy atom. The van der Waals surface area contributed by atoms with Gasteiger partial charge < -0.3 is 10.4 Å². The first kappa shape index (κ1) is 13.1. The Kier molecular flexibility index (Phi) is 3.20. The van der Waals surface area contributed by atoms with Crippen molar-refractivity contribution in [2.45, 2.75) is 32.2 Å². The number of nitrogens with zero attached hydrogens (tertiary/aromatic N) is 1. The molecule has 2 aliphatic carbocycles. The average Bonchev–Trinajstić information content (AvgIpc) is 3.00. The smallest absolute Gasteiger partial charge is 0.308 e. The maximum Gasteiger partial charge on any atom is 0.308 e. The fourth-order valence-corrected chi connectivity index (χ4v) is 3.69. The number of aromatic nitrogens is 1. The van der Waals surface area contributed by atoms with Gasteiger partial charge in [0.15, 0.2) is 0 Å². The molecule has 2 aliphatic rings. The third kappa shape index (κ3) is 2.17. The lowest BCUT2D eigenvalue weighted by molar-refractivity contribution is -0.144. The van der Waals surface area contributed by atoms with Crippen LogP contribution in [-0.4, -0.2) is 28.0 Å². The summed E-state index contributed by atoms with van der Waals surface area (Å²) in [6.07, 6.45) is 4.45. The summed E-state index contributed by atoms with van der Waals surface area (Å²) in [7, 11) is 0. The highest BCUT2D eigenvalue weighted by Gasteiger charge is 2.51. The summed E-state index contributed by atoms with van der Waals surface area (Å²) >= 11 is 0. The van der Waals surface area contributed by atoms with Crippen molar-refractivity contribution in [2.75, 3.05) is 0 Å². The zero-order valence-electron chi connectivity index (χ0n) is 11.4. The summed E-state index contributed by atoms with van der Waals surface area (Å²) in [6.45, 7) is 1.86. The summed E-state index contributed by atoms with van der Waals surface area (Å²) < 4.78 is 0. The molecule has 2 N–H and O–H groups in total. The first-order valence-corrected chi connectivity index (χ1v) is 7.02. The van der Waals surface area contributed by atoms with E-state index in [1.54, 1.807) is 12.1 Å². The summed E-state index contributed by atoms with van der Waals surface area (Å²) in [6, 6.07) is 3.27. The van der Waals surface area contributed by atoms with Gasteiger partial charge in [-0.3, -0.25) is 14.6 Å². The van der Waals surface area contributed by atoms with Crippen molar-refractivity contribution in [3.63, 3.8) is 0 Å². The number of carbonyl (C=O) groups is 2. The summed E-state index contributed by atoms with van der Waals surface area (Å²) in [5.74, 6) is -0.913. The number of amides is 1. The minimum atomic E-state index is -0.787. The van der Waals surface area contributed by atoms with Crippen molar-refractivity contribution in [2.24, 2.45) is 17.8 Å². The Hall–Kier alpha value is -1.91. The number of hydrogen-bond acceptors (Lipinski definition) is 3. The number of carbonyl (C=O) groups excluding carboxylic acids is 1. The highest BCUT2D eigenvalue weighted by Crippen LogP contribution is 2.48. The summed E-state index contributed by atoms with van der Waals surface area (Å²) in [5.41, 5.74) is 1.34. The van der Waals surface area contributed by atoms with Crippen LogP contribution in [0.25, 0.3) is 0 Å². The molecule has 20 heavy (non-hydrogen) atoms. The second kappa shape index (κ2) is 4.89. The molecule has 1 amide bonds. The quantitative estimate of drug-likeness (QED) is 0.877. The van der Waals surface area contributed by atoms with E-state index in [4.69, 9.17) is 0 Å². The van der Waals surface area contributed by atoms with E-state index < -0.39 is 11.9 Å². The molecule has 2 bridgehead atoms. The molecule has 106 valence electrons. The van der Waals surface area contributed by atoms with Gasteiger partial charge in [-0.05, 0) is 50.2 Å². The molecule has 0 aliphatic heterocycles. The van der Waals surface area contributed by atoms with Gasteiger partial charge in [0.1, 0.15) is 0 Å². The van der Waals surface area contributed by atoms with Gasteiger partial charge in [0.25, 0.3) is 5.91 Å². The van der Waals surface area contributed by atoms with Crippen LogP contribution >= 0.6 is 0 Å². The number of nitrogens with one attached hydrogen (secondary N) is 1. The molecular weight excluding hydrogens is 256 g/mol. The lowest BCUT2D eigenvalue weighted by Gasteiger charge is -2.28. The number of carboxylic acids is 1. The molecule has 1 aromatic heterocycles. The maximum absolute atomic E-state index is 12.2. The lowest BCUT2D eigenvalue weighted by atomic mass is 9.84. The van der Waals surface area contributed by atoms with Crippen molar-refractivity contribution in [3.05, 3.63) is 29.6 Å². The summed E-state index contributed by atoms with van der Waals surface area (Å²) in [5, 5.41) is 12.3. The number of fused-ring (bicyclic) bond motifs is 2. The minimum absolute atomic E-state index is 0.221. The number of aliphatic carboxylic acids is 1. The molecular formula is C15H18N2O3. The zero-order valence-corrected chi connectivity index (χ0v) is 11.4. The van der Waals surface area contributed by atoms with E-state index in [0.717, 1.165) is 25.0 Å². The van der Waals surface area contributed by atoms with Gasteiger partial charge in [-0.2, -0.15) is 0 Å². The van der Waals surface area contributed by atoms with Gasteiger partial charge in [0.2, 0.25) is 0 Å². The monoisotopic (exact) mass is 274 g/mol. The number of hydrogen-bond donors (Lipinski definition) is 2. The highest BCUT2D eigenvalue weighted by molar-refractivity contribution is 5.94. The third-order valence-corrected chi connectivity index (χ3v) is 4.67. The van der Waals surface area contributed by atoms with Crippen molar-refractivity contribution >= 4 is 11.9 Å². The van der Waals surface area contributed by atoms with Crippen LogP contribution in [0.3, 0.4) is 0 Å². The molecule has 2 fully saturated rings. The molecule has 0 aromatic carbocycles. The van der Waals surface area contributed by atoms with Gasteiger partial charge in [0.05, 0.1) is 11.5 Å². The highest BCUT2D eigenvalue weighted by atomic mass is 16.4. The fraction of sp³-hybridized carbons (Fsp3) is 0.533. The Bertz CT molecular complexity index is 541. The summed E-state index contributed by atoms with van der Waals surface area (Å²) in [4.78, 5) is 27.7. The van der Waals surface area contributed by atoms with Gasteiger partial charge in [-0.25, -0.2) is 0 Å². The molecule has 4 unspecified atom stereocenters. The van der Waals surface area contributed by atoms with Gasteiger partial charge >= 0.3 is 5.97 Å². The van der Waals surface area contributed by atoms with Crippen LogP contribution in [0.2, 0.25) is 0 Å². The normalized spacial score (nSPS) is 31.2. The number of rotatable bonds is 3. The topological polar surface area (TPSA) is 79.3 Å². The van der Waals surface area contributed by atoms with Crippen LogP contribution in [0.5, 0.6) is 0 Å². The molecule has 1 heterocycles. The van der Waals surface area contributed by atoms with Crippen LogP contribution in [-0.2, 0) is 4.79 Å². The van der Waals surface area contributed by atoms with Crippen LogP contribution in [0.4, 0.5) is 0 Å². The molecule has 1 aromatic rings. The lowest BCUT2D eigenvalue weighted by Crippen LogP contribution is -2.46. The van der Waals surface area contributed by atoms with E-state index in [0.29, 0.717) is 11.5 Å². The van der Waals surface area contributed by atoms with Crippen LogP contribution in [0, 0.1) is 24.7 Å². The van der Waals surface area contributed by atoms with E-state index in [2.05, 4.69) is 10.3 Å². The Balaban J connectivity index is 1.75. The standard InChI is InChI=1S/C15H18N2O3/c1-8-2-3-11(7-16-8)14(18)17-13-10-5-4-9(6-10)12(13)15(19)20/h2-3,7,9-10,12-13H,4-6H2,1H3,(H,17,18)(H,19,20). The third-order valence-electron chi connectivity index (χ3n) is 4.67. The van der Waals surface area contributed by atoms with E-state index >= 15 is 0 Å². The predicted molar refractivity (Wildman–Crippen MR) is 72.2 cm³/mol. The molecule has 0 radical (unpaired) electrons. The second-order valence-corrected chi connectivity index (χ2v) is 5.88. The van der Waals surface area contributed by atoms with Gasteiger partial charge in [0, 0.05) is 17.9 Å². The molecule has 0 saturated heterocycles.